The number of carbonyl (C=O) groups excluding carboxylic acids is 2. The molecule has 2 amide bonds. The van der Waals surface area contributed by atoms with E-state index < -0.39 is 0 Å². The highest BCUT2D eigenvalue weighted by Gasteiger charge is 2.15. The van der Waals surface area contributed by atoms with Crippen molar-refractivity contribution < 1.29 is 9.59 Å². The van der Waals surface area contributed by atoms with E-state index in [1.807, 2.05) is 25.1 Å². The lowest BCUT2D eigenvalue weighted by atomic mass is 10.1. The minimum absolute atomic E-state index is 0.158. The van der Waals surface area contributed by atoms with Crippen molar-refractivity contribution in [2.24, 2.45) is 0 Å². The largest absolute Gasteiger partial charge is 0.322 e. The molecule has 0 aliphatic carbocycles. The van der Waals surface area contributed by atoms with Crippen molar-refractivity contribution in [2.75, 3.05) is 17.3 Å². The zero-order chi connectivity index (χ0) is 19.4. The third-order valence-electron chi connectivity index (χ3n) is 4.12. The zero-order valence-corrected chi connectivity index (χ0v) is 16.5. The average molecular weight is 424 g/mol. The molecule has 3 aromatic rings. The summed E-state index contributed by atoms with van der Waals surface area (Å²) in [7, 11) is 1.73. The molecule has 1 N–H and O–H groups in total. The summed E-state index contributed by atoms with van der Waals surface area (Å²) in [6.07, 6.45) is 3.10. The zero-order valence-electron chi connectivity index (χ0n) is 14.9. The molecule has 0 saturated heterocycles. The summed E-state index contributed by atoms with van der Waals surface area (Å²) in [5, 5.41) is 2.79. The van der Waals surface area contributed by atoms with E-state index >= 15 is 0 Å². The van der Waals surface area contributed by atoms with E-state index in [0.29, 0.717) is 16.8 Å². The van der Waals surface area contributed by atoms with Crippen LogP contribution in [0.15, 0.2) is 71.5 Å². The molecule has 5 nitrogen and oxygen atoms in total. The molecule has 6 heteroatoms. The molecule has 0 aliphatic rings. The van der Waals surface area contributed by atoms with E-state index in [4.69, 9.17) is 0 Å². The first-order chi connectivity index (χ1) is 13.0. The lowest BCUT2D eigenvalue weighted by Gasteiger charge is -2.19. The van der Waals surface area contributed by atoms with Crippen LogP contribution < -0.4 is 10.2 Å². The number of halogens is 1. The Morgan fingerprint density at radius 3 is 2.52 bits per heavy atom. The molecule has 1 aromatic heterocycles. The average Bonchev–Trinajstić information content (AvgIpc) is 2.70. The molecular weight excluding hydrogens is 406 g/mol. The van der Waals surface area contributed by atoms with Gasteiger partial charge in [0.05, 0.1) is 5.56 Å². The van der Waals surface area contributed by atoms with E-state index in [0.717, 1.165) is 15.7 Å². The number of hydrogen-bond donors (Lipinski definition) is 1. The van der Waals surface area contributed by atoms with E-state index in [1.54, 1.807) is 54.5 Å². The van der Waals surface area contributed by atoms with Gasteiger partial charge in [-0.05, 0) is 61.0 Å². The number of nitrogens with zero attached hydrogens (tertiary/aromatic N) is 2. The van der Waals surface area contributed by atoms with Crippen molar-refractivity contribution in [2.45, 2.75) is 6.92 Å². The van der Waals surface area contributed by atoms with Crippen molar-refractivity contribution in [1.82, 2.24) is 4.98 Å². The Bertz CT molecular complexity index is 990. The SMILES string of the molecule is Cc1cc(N(C)C(=O)c2cccc(NC(=O)c3cccnc3)c2)ccc1Br. The lowest BCUT2D eigenvalue weighted by molar-refractivity contribution is 0.0990. The number of hydrogen-bond acceptors (Lipinski definition) is 3. The minimum atomic E-state index is -0.274. The second-order valence-electron chi connectivity index (χ2n) is 6.07. The van der Waals surface area contributed by atoms with Crippen LogP contribution in [-0.2, 0) is 0 Å². The highest BCUT2D eigenvalue weighted by molar-refractivity contribution is 9.10. The highest BCUT2D eigenvalue weighted by Crippen LogP contribution is 2.24. The topological polar surface area (TPSA) is 62.3 Å². The Labute approximate surface area is 166 Å². The maximum Gasteiger partial charge on any atom is 0.258 e. The van der Waals surface area contributed by atoms with E-state index in [1.165, 1.54) is 6.20 Å². The number of benzene rings is 2. The van der Waals surface area contributed by atoms with E-state index in [9.17, 15) is 9.59 Å². The fourth-order valence-electron chi connectivity index (χ4n) is 2.58. The number of pyridine rings is 1. The summed E-state index contributed by atoms with van der Waals surface area (Å²) in [6.45, 7) is 1.97. The van der Waals surface area contributed by atoms with Gasteiger partial charge in [0.2, 0.25) is 0 Å². The molecule has 0 spiro atoms. The molecule has 1 heterocycles. The van der Waals surface area contributed by atoms with Crippen molar-refractivity contribution >= 4 is 39.1 Å². The van der Waals surface area contributed by atoms with Gasteiger partial charge in [-0.25, -0.2) is 0 Å². The van der Waals surface area contributed by atoms with Crippen LogP contribution in [0.5, 0.6) is 0 Å². The van der Waals surface area contributed by atoms with Gasteiger partial charge < -0.3 is 10.2 Å². The second kappa shape index (κ2) is 8.14. The van der Waals surface area contributed by atoms with Crippen molar-refractivity contribution in [3.05, 3.63) is 88.2 Å². The van der Waals surface area contributed by atoms with Gasteiger partial charge in [0.25, 0.3) is 11.8 Å². The Hall–Kier alpha value is -2.99. The molecule has 0 aliphatic heterocycles. The minimum Gasteiger partial charge on any atom is -0.322 e. The van der Waals surface area contributed by atoms with Gasteiger partial charge in [-0.3, -0.25) is 14.6 Å². The van der Waals surface area contributed by atoms with Crippen LogP contribution in [0, 0.1) is 6.92 Å². The Balaban J connectivity index is 1.79. The molecular formula is C21H18BrN3O2. The standard InChI is InChI=1S/C21H18BrN3O2/c1-14-11-18(8-9-19(14)22)25(2)21(27)15-5-3-7-17(12-15)24-20(26)16-6-4-10-23-13-16/h3-13H,1-2H3,(H,24,26). The molecule has 0 atom stereocenters. The number of aryl methyl sites for hydroxylation is 1. The van der Waals surface area contributed by atoms with Gasteiger partial charge in [0.15, 0.2) is 0 Å². The first kappa shape index (κ1) is 18.8. The second-order valence-corrected chi connectivity index (χ2v) is 6.93. The summed E-state index contributed by atoms with van der Waals surface area (Å²) in [5.74, 6) is -0.432. The molecule has 0 fully saturated rings. The molecule has 136 valence electrons. The fraction of sp³-hybridized carbons (Fsp3) is 0.0952. The molecule has 0 radical (unpaired) electrons. The van der Waals surface area contributed by atoms with Crippen LogP contribution in [0.2, 0.25) is 0 Å². The molecule has 0 saturated carbocycles. The Morgan fingerprint density at radius 2 is 1.81 bits per heavy atom. The number of rotatable bonds is 4. The van der Waals surface area contributed by atoms with E-state index in [-0.39, 0.29) is 11.8 Å². The maximum absolute atomic E-state index is 12.8. The monoisotopic (exact) mass is 423 g/mol. The quantitative estimate of drug-likeness (QED) is 0.662. The number of carbonyl (C=O) groups is 2. The van der Waals surface area contributed by atoms with Gasteiger partial charge in [0, 0.05) is 40.9 Å². The van der Waals surface area contributed by atoms with Gasteiger partial charge in [0.1, 0.15) is 0 Å². The summed E-state index contributed by atoms with van der Waals surface area (Å²) in [6, 6.07) is 16.0. The normalized spacial score (nSPS) is 10.3. The van der Waals surface area contributed by atoms with Gasteiger partial charge in [-0.2, -0.15) is 0 Å². The number of nitrogens with one attached hydrogen (secondary N) is 1. The van der Waals surface area contributed by atoms with Crippen molar-refractivity contribution in [3.63, 3.8) is 0 Å². The number of amides is 2. The third-order valence-corrected chi connectivity index (χ3v) is 5.01. The first-order valence-electron chi connectivity index (χ1n) is 8.31. The Morgan fingerprint density at radius 1 is 1.04 bits per heavy atom. The van der Waals surface area contributed by atoms with Crippen LogP contribution in [-0.4, -0.2) is 23.8 Å². The van der Waals surface area contributed by atoms with E-state index in [2.05, 4.69) is 26.2 Å². The van der Waals surface area contributed by atoms with Gasteiger partial charge >= 0.3 is 0 Å². The summed E-state index contributed by atoms with van der Waals surface area (Å²) >= 11 is 3.46. The van der Waals surface area contributed by atoms with Gasteiger partial charge in [-0.15, -0.1) is 0 Å². The van der Waals surface area contributed by atoms with Crippen LogP contribution >= 0.6 is 15.9 Å². The van der Waals surface area contributed by atoms with Crippen LogP contribution in [0.3, 0.4) is 0 Å². The van der Waals surface area contributed by atoms with Crippen LogP contribution in [0.25, 0.3) is 0 Å². The molecule has 2 aromatic carbocycles. The lowest BCUT2D eigenvalue weighted by Crippen LogP contribution is -2.26. The molecule has 0 bridgehead atoms. The first-order valence-corrected chi connectivity index (χ1v) is 9.10. The molecule has 3 rings (SSSR count). The van der Waals surface area contributed by atoms with Crippen LogP contribution in [0.4, 0.5) is 11.4 Å². The van der Waals surface area contributed by atoms with Gasteiger partial charge in [-0.1, -0.05) is 22.0 Å². The highest BCUT2D eigenvalue weighted by atomic mass is 79.9. The number of aromatic nitrogens is 1. The van der Waals surface area contributed by atoms with Crippen molar-refractivity contribution in [3.8, 4) is 0 Å². The predicted molar refractivity (Wildman–Crippen MR) is 110 cm³/mol. The van der Waals surface area contributed by atoms with Crippen LogP contribution in [0.1, 0.15) is 26.3 Å². The molecule has 0 unspecified atom stereocenters. The summed E-state index contributed by atoms with van der Waals surface area (Å²) in [5.41, 5.74) is 3.34. The van der Waals surface area contributed by atoms with Crippen molar-refractivity contribution in [1.29, 1.82) is 0 Å². The Kier molecular flexibility index (Phi) is 5.66. The fourth-order valence-corrected chi connectivity index (χ4v) is 2.83. The third kappa shape index (κ3) is 4.41. The molecule has 27 heavy (non-hydrogen) atoms. The summed E-state index contributed by atoms with van der Waals surface area (Å²) in [4.78, 5) is 30.6. The summed E-state index contributed by atoms with van der Waals surface area (Å²) < 4.78 is 0.993. The number of anilines is 2. The predicted octanol–water partition coefficient (Wildman–Crippen LogP) is 4.68. The maximum atomic E-state index is 12.8. The smallest absolute Gasteiger partial charge is 0.258 e.